The Morgan fingerprint density at radius 1 is 0.923 bits per heavy atom. The third kappa shape index (κ3) is 4.01. The molecular formula is C22H29N3O. The number of likely N-dealkylation sites (tertiary alicyclic amines) is 2. The number of carbonyl (C=O) groups excluding carboxylic acids is 1. The van der Waals surface area contributed by atoms with E-state index in [-0.39, 0.29) is 5.92 Å². The van der Waals surface area contributed by atoms with Crippen molar-refractivity contribution in [2.75, 3.05) is 26.2 Å². The van der Waals surface area contributed by atoms with E-state index in [0.717, 1.165) is 58.4 Å². The second kappa shape index (κ2) is 8.09. The van der Waals surface area contributed by atoms with Gasteiger partial charge in [-0.3, -0.25) is 9.69 Å². The molecule has 4 heteroatoms. The Bertz CT molecular complexity index is 689. The van der Waals surface area contributed by atoms with Crippen molar-refractivity contribution in [3.05, 3.63) is 60.4 Å². The van der Waals surface area contributed by atoms with Crippen LogP contribution in [0.1, 0.15) is 37.3 Å². The van der Waals surface area contributed by atoms with Crippen molar-refractivity contribution in [1.29, 1.82) is 0 Å². The summed E-state index contributed by atoms with van der Waals surface area (Å²) in [6.45, 7) is 4.77. The van der Waals surface area contributed by atoms with Gasteiger partial charge in [0.25, 0.3) is 0 Å². The van der Waals surface area contributed by atoms with Crippen LogP contribution < -0.4 is 0 Å². The molecule has 0 N–H and O–H groups in total. The molecule has 2 saturated heterocycles. The maximum atomic E-state index is 13.0. The second-order valence-electron chi connectivity index (χ2n) is 7.75. The average Bonchev–Trinajstić information content (AvgIpc) is 3.23. The SMILES string of the molecule is O=C(C1CCCN(Cc2ccccc2)C1)N1CCC(n2cccc2)CC1. The third-order valence-corrected chi connectivity index (χ3v) is 5.93. The first kappa shape index (κ1) is 17.3. The van der Waals surface area contributed by atoms with Gasteiger partial charge in [-0.05, 0) is 49.9 Å². The van der Waals surface area contributed by atoms with E-state index in [9.17, 15) is 4.79 Å². The Morgan fingerprint density at radius 2 is 1.65 bits per heavy atom. The summed E-state index contributed by atoms with van der Waals surface area (Å²) in [7, 11) is 0. The van der Waals surface area contributed by atoms with Gasteiger partial charge in [0.2, 0.25) is 5.91 Å². The molecule has 3 heterocycles. The highest BCUT2D eigenvalue weighted by atomic mass is 16.2. The summed E-state index contributed by atoms with van der Waals surface area (Å²) in [6.07, 6.45) is 8.60. The number of rotatable bonds is 4. The van der Waals surface area contributed by atoms with E-state index in [0.29, 0.717) is 11.9 Å². The number of aromatic nitrogens is 1. The molecule has 2 aliphatic heterocycles. The maximum absolute atomic E-state index is 13.0. The number of piperidine rings is 2. The van der Waals surface area contributed by atoms with Crippen LogP contribution in [0.4, 0.5) is 0 Å². The summed E-state index contributed by atoms with van der Waals surface area (Å²) in [5.74, 6) is 0.560. The molecule has 1 aromatic heterocycles. The minimum atomic E-state index is 0.176. The number of hydrogen-bond acceptors (Lipinski definition) is 2. The molecular weight excluding hydrogens is 322 g/mol. The zero-order valence-corrected chi connectivity index (χ0v) is 15.5. The van der Waals surface area contributed by atoms with Gasteiger partial charge in [0.05, 0.1) is 5.92 Å². The lowest BCUT2D eigenvalue weighted by Gasteiger charge is -2.38. The number of nitrogens with zero attached hydrogens (tertiary/aromatic N) is 3. The van der Waals surface area contributed by atoms with Gasteiger partial charge in [-0.2, -0.15) is 0 Å². The van der Waals surface area contributed by atoms with Crippen LogP contribution in [0.2, 0.25) is 0 Å². The van der Waals surface area contributed by atoms with Crippen LogP contribution in [0.5, 0.6) is 0 Å². The van der Waals surface area contributed by atoms with Crippen molar-refractivity contribution in [3.63, 3.8) is 0 Å². The van der Waals surface area contributed by atoms with Gasteiger partial charge >= 0.3 is 0 Å². The van der Waals surface area contributed by atoms with Crippen molar-refractivity contribution in [2.45, 2.75) is 38.3 Å². The van der Waals surface area contributed by atoms with Gasteiger partial charge in [0.15, 0.2) is 0 Å². The predicted molar refractivity (Wildman–Crippen MR) is 104 cm³/mol. The van der Waals surface area contributed by atoms with Crippen molar-refractivity contribution >= 4 is 5.91 Å². The lowest BCUT2D eigenvalue weighted by atomic mass is 9.94. The zero-order chi connectivity index (χ0) is 17.8. The van der Waals surface area contributed by atoms with Crippen molar-refractivity contribution < 1.29 is 4.79 Å². The van der Waals surface area contributed by atoms with Gasteiger partial charge in [0.1, 0.15) is 0 Å². The van der Waals surface area contributed by atoms with Crippen LogP contribution in [0.3, 0.4) is 0 Å². The lowest BCUT2D eigenvalue weighted by Crippen LogP contribution is -2.47. The number of amides is 1. The largest absolute Gasteiger partial charge is 0.351 e. The highest BCUT2D eigenvalue weighted by Gasteiger charge is 2.31. The monoisotopic (exact) mass is 351 g/mol. The van der Waals surface area contributed by atoms with E-state index >= 15 is 0 Å². The zero-order valence-electron chi connectivity index (χ0n) is 15.5. The normalized spacial score (nSPS) is 22.5. The summed E-state index contributed by atoms with van der Waals surface area (Å²) in [5, 5.41) is 0. The first-order valence-corrected chi connectivity index (χ1v) is 9.97. The Hall–Kier alpha value is -2.07. The van der Waals surface area contributed by atoms with Crippen LogP contribution >= 0.6 is 0 Å². The average molecular weight is 351 g/mol. The molecule has 0 spiro atoms. The molecule has 0 saturated carbocycles. The Balaban J connectivity index is 1.30. The lowest BCUT2D eigenvalue weighted by molar-refractivity contribution is -0.138. The van der Waals surface area contributed by atoms with E-state index in [2.05, 4.69) is 69.2 Å². The van der Waals surface area contributed by atoms with E-state index in [1.165, 1.54) is 5.56 Å². The topological polar surface area (TPSA) is 28.5 Å². The number of carbonyl (C=O) groups is 1. The quantitative estimate of drug-likeness (QED) is 0.842. The molecule has 1 aromatic carbocycles. The molecule has 26 heavy (non-hydrogen) atoms. The smallest absolute Gasteiger partial charge is 0.226 e. The molecule has 1 atom stereocenters. The molecule has 0 bridgehead atoms. The molecule has 0 radical (unpaired) electrons. The molecule has 4 nitrogen and oxygen atoms in total. The molecule has 0 aliphatic carbocycles. The van der Waals surface area contributed by atoms with E-state index in [1.807, 2.05) is 0 Å². The molecule has 1 unspecified atom stereocenters. The number of benzene rings is 1. The van der Waals surface area contributed by atoms with Crippen LogP contribution in [0, 0.1) is 5.92 Å². The van der Waals surface area contributed by atoms with E-state index in [4.69, 9.17) is 0 Å². The first-order chi connectivity index (χ1) is 12.8. The minimum absolute atomic E-state index is 0.176. The summed E-state index contributed by atoms with van der Waals surface area (Å²) in [6, 6.07) is 15.3. The predicted octanol–water partition coefficient (Wildman–Crippen LogP) is 3.56. The summed E-state index contributed by atoms with van der Waals surface area (Å²) in [4.78, 5) is 17.6. The van der Waals surface area contributed by atoms with Crippen LogP contribution in [-0.2, 0) is 11.3 Å². The summed E-state index contributed by atoms with van der Waals surface area (Å²) >= 11 is 0. The van der Waals surface area contributed by atoms with E-state index < -0.39 is 0 Å². The van der Waals surface area contributed by atoms with E-state index in [1.54, 1.807) is 0 Å². The summed E-state index contributed by atoms with van der Waals surface area (Å²) < 4.78 is 2.30. The summed E-state index contributed by atoms with van der Waals surface area (Å²) in [5.41, 5.74) is 1.34. The maximum Gasteiger partial charge on any atom is 0.226 e. The fourth-order valence-corrected chi connectivity index (χ4v) is 4.48. The fraction of sp³-hybridized carbons (Fsp3) is 0.500. The van der Waals surface area contributed by atoms with Gasteiger partial charge in [0, 0.05) is 44.6 Å². The minimum Gasteiger partial charge on any atom is -0.351 e. The third-order valence-electron chi connectivity index (χ3n) is 5.93. The van der Waals surface area contributed by atoms with Gasteiger partial charge in [-0.15, -0.1) is 0 Å². The molecule has 4 rings (SSSR count). The van der Waals surface area contributed by atoms with Crippen molar-refractivity contribution in [1.82, 2.24) is 14.4 Å². The second-order valence-corrected chi connectivity index (χ2v) is 7.75. The van der Waals surface area contributed by atoms with Gasteiger partial charge in [-0.1, -0.05) is 30.3 Å². The van der Waals surface area contributed by atoms with Gasteiger partial charge in [-0.25, -0.2) is 0 Å². The van der Waals surface area contributed by atoms with Crippen LogP contribution in [-0.4, -0.2) is 46.5 Å². The molecule has 2 aromatic rings. The molecule has 2 aliphatic rings. The van der Waals surface area contributed by atoms with Gasteiger partial charge < -0.3 is 9.47 Å². The molecule has 138 valence electrons. The molecule has 2 fully saturated rings. The van der Waals surface area contributed by atoms with Crippen molar-refractivity contribution in [2.24, 2.45) is 5.92 Å². The fourth-order valence-electron chi connectivity index (χ4n) is 4.48. The standard InChI is InChI=1S/C22H29N3O/c26-22(25-15-10-21(11-16-25)24-13-4-5-14-24)20-9-6-12-23(18-20)17-19-7-2-1-3-8-19/h1-5,7-8,13-14,20-21H,6,9-12,15-18H2. The Labute approximate surface area is 156 Å². The van der Waals surface area contributed by atoms with Crippen LogP contribution in [0.25, 0.3) is 0 Å². The number of hydrogen-bond donors (Lipinski definition) is 0. The Kier molecular flexibility index (Phi) is 5.40. The highest BCUT2D eigenvalue weighted by Crippen LogP contribution is 2.26. The highest BCUT2D eigenvalue weighted by molar-refractivity contribution is 5.79. The Morgan fingerprint density at radius 3 is 2.38 bits per heavy atom. The van der Waals surface area contributed by atoms with Crippen LogP contribution in [0.15, 0.2) is 54.9 Å². The van der Waals surface area contributed by atoms with Crippen molar-refractivity contribution in [3.8, 4) is 0 Å². The first-order valence-electron chi connectivity index (χ1n) is 9.97. The molecule has 1 amide bonds.